The Morgan fingerprint density at radius 3 is 2.57 bits per heavy atom. The summed E-state index contributed by atoms with van der Waals surface area (Å²) < 4.78 is 3.84. The van der Waals surface area contributed by atoms with Gasteiger partial charge in [0.1, 0.15) is 5.65 Å². The van der Waals surface area contributed by atoms with E-state index in [0.29, 0.717) is 6.42 Å². The Morgan fingerprint density at radius 1 is 1.33 bits per heavy atom. The van der Waals surface area contributed by atoms with Gasteiger partial charge in [-0.25, -0.2) is 4.52 Å². The SMILES string of the molecule is Cc1nn2c(C(C)N3C(=O)CC(C)C3=O)cn(C)c2c1C. The second kappa shape index (κ2) is 4.44. The van der Waals surface area contributed by atoms with Crippen molar-refractivity contribution < 1.29 is 9.59 Å². The maximum Gasteiger partial charge on any atom is 0.233 e. The van der Waals surface area contributed by atoms with Crippen molar-refractivity contribution in [3.8, 4) is 0 Å². The van der Waals surface area contributed by atoms with Crippen molar-refractivity contribution in [1.29, 1.82) is 0 Å². The van der Waals surface area contributed by atoms with Gasteiger partial charge in [-0.1, -0.05) is 6.92 Å². The van der Waals surface area contributed by atoms with Crippen LogP contribution < -0.4 is 0 Å². The van der Waals surface area contributed by atoms with E-state index in [1.165, 1.54) is 4.90 Å². The molecular formula is C15H20N4O2. The Hall–Kier alpha value is -2.11. The lowest BCUT2D eigenvalue weighted by Gasteiger charge is -2.21. The Kier molecular flexibility index (Phi) is 2.93. The number of imidazole rings is 1. The van der Waals surface area contributed by atoms with Crippen LogP contribution in [0.3, 0.4) is 0 Å². The van der Waals surface area contributed by atoms with Gasteiger partial charge in [-0.3, -0.25) is 14.5 Å². The zero-order chi connectivity index (χ0) is 15.5. The van der Waals surface area contributed by atoms with Gasteiger partial charge in [-0.05, 0) is 20.8 Å². The number of nitrogens with zero attached hydrogens (tertiary/aromatic N) is 4. The quantitative estimate of drug-likeness (QED) is 0.791. The summed E-state index contributed by atoms with van der Waals surface area (Å²) in [6, 6.07) is -0.308. The Bertz CT molecular complexity index is 755. The highest BCUT2D eigenvalue weighted by molar-refractivity contribution is 6.03. The molecule has 0 spiro atoms. The van der Waals surface area contributed by atoms with Crippen LogP contribution in [-0.2, 0) is 16.6 Å². The van der Waals surface area contributed by atoms with E-state index in [0.717, 1.165) is 22.6 Å². The number of imide groups is 1. The van der Waals surface area contributed by atoms with Gasteiger partial charge in [-0.15, -0.1) is 0 Å². The van der Waals surface area contributed by atoms with Crippen LogP contribution in [0.4, 0.5) is 0 Å². The maximum atomic E-state index is 12.2. The zero-order valence-electron chi connectivity index (χ0n) is 13.0. The second-order valence-electron chi connectivity index (χ2n) is 5.99. The average molecular weight is 288 g/mol. The molecule has 21 heavy (non-hydrogen) atoms. The number of carbonyl (C=O) groups is 2. The van der Waals surface area contributed by atoms with E-state index >= 15 is 0 Å². The molecule has 0 aromatic carbocycles. The molecular weight excluding hydrogens is 268 g/mol. The molecule has 0 radical (unpaired) electrons. The van der Waals surface area contributed by atoms with Gasteiger partial charge in [0, 0.05) is 31.1 Å². The van der Waals surface area contributed by atoms with Gasteiger partial charge in [0.15, 0.2) is 0 Å². The van der Waals surface area contributed by atoms with Crippen LogP contribution >= 0.6 is 0 Å². The van der Waals surface area contributed by atoms with Crippen molar-refractivity contribution in [3.05, 3.63) is 23.1 Å². The predicted molar refractivity (Wildman–Crippen MR) is 77.7 cm³/mol. The smallest absolute Gasteiger partial charge is 0.233 e. The normalized spacial score (nSPS) is 20.8. The Labute approximate surface area is 123 Å². The molecule has 1 aliphatic rings. The Balaban J connectivity index is 2.10. The number of fused-ring (bicyclic) bond motifs is 1. The first-order valence-electron chi connectivity index (χ1n) is 7.20. The molecule has 2 unspecified atom stereocenters. The van der Waals surface area contributed by atoms with Crippen molar-refractivity contribution >= 4 is 17.5 Å². The van der Waals surface area contributed by atoms with Gasteiger partial charge in [0.05, 0.1) is 17.4 Å². The molecule has 6 nitrogen and oxygen atoms in total. The maximum absolute atomic E-state index is 12.2. The van der Waals surface area contributed by atoms with Crippen molar-refractivity contribution in [2.75, 3.05) is 0 Å². The first-order valence-corrected chi connectivity index (χ1v) is 7.20. The van der Waals surface area contributed by atoms with E-state index in [9.17, 15) is 9.59 Å². The molecule has 2 aromatic heterocycles. The van der Waals surface area contributed by atoms with Crippen LogP contribution in [0.1, 0.15) is 43.3 Å². The van der Waals surface area contributed by atoms with Gasteiger partial charge in [0.25, 0.3) is 0 Å². The lowest BCUT2D eigenvalue weighted by Crippen LogP contribution is -2.33. The van der Waals surface area contributed by atoms with E-state index in [1.54, 1.807) is 6.92 Å². The number of aryl methyl sites for hydroxylation is 3. The van der Waals surface area contributed by atoms with Crippen molar-refractivity contribution in [1.82, 2.24) is 19.1 Å². The van der Waals surface area contributed by atoms with Gasteiger partial charge >= 0.3 is 0 Å². The summed E-state index contributed by atoms with van der Waals surface area (Å²) in [5.74, 6) is -0.414. The summed E-state index contributed by atoms with van der Waals surface area (Å²) in [4.78, 5) is 25.7. The van der Waals surface area contributed by atoms with Crippen molar-refractivity contribution in [2.45, 2.75) is 40.2 Å². The standard InChI is InChI=1S/C15H20N4O2/c1-8-6-13(20)18(15(8)21)11(4)12-7-17(5)14-9(2)10(3)16-19(12)14/h7-8,11H,6H2,1-5H3. The first kappa shape index (κ1) is 13.9. The number of rotatable bonds is 2. The van der Waals surface area contributed by atoms with Crippen LogP contribution in [0.2, 0.25) is 0 Å². The second-order valence-corrected chi connectivity index (χ2v) is 5.99. The fourth-order valence-corrected chi connectivity index (χ4v) is 3.13. The first-order chi connectivity index (χ1) is 9.82. The monoisotopic (exact) mass is 288 g/mol. The highest BCUT2D eigenvalue weighted by Crippen LogP contribution is 2.31. The van der Waals surface area contributed by atoms with E-state index in [-0.39, 0.29) is 23.8 Å². The van der Waals surface area contributed by atoms with Crippen LogP contribution in [0, 0.1) is 19.8 Å². The summed E-state index contributed by atoms with van der Waals surface area (Å²) in [7, 11) is 1.95. The lowest BCUT2D eigenvalue weighted by atomic mass is 10.1. The Morgan fingerprint density at radius 2 is 2.00 bits per heavy atom. The summed E-state index contributed by atoms with van der Waals surface area (Å²) in [6.07, 6.45) is 2.25. The molecule has 2 atom stereocenters. The number of likely N-dealkylation sites (tertiary alicyclic amines) is 1. The number of hydrogen-bond acceptors (Lipinski definition) is 3. The van der Waals surface area contributed by atoms with E-state index in [1.807, 2.05) is 43.1 Å². The third kappa shape index (κ3) is 1.81. The number of amides is 2. The fourth-order valence-electron chi connectivity index (χ4n) is 3.13. The molecule has 6 heteroatoms. The number of hydrogen-bond donors (Lipinski definition) is 0. The van der Waals surface area contributed by atoms with E-state index < -0.39 is 0 Å². The molecule has 1 saturated heterocycles. The predicted octanol–water partition coefficient (Wildman–Crippen LogP) is 1.75. The molecule has 0 aliphatic carbocycles. The zero-order valence-corrected chi connectivity index (χ0v) is 13.0. The molecule has 2 amide bonds. The molecule has 0 N–H and O–H groups in total. The highest BCUT2D eigenvalue weighted by atomic mass is 16.2. The minimum Gasteiger partial charge on any atom is -0.334 e. The van der Waals surface area contributed by atoms with E-state index in [2.05, 4.69) is 5.10 Å². The minimum absolute atomic E-state index is 0.0925. The lowest BCUT2D eigenvalue weighted by molar-refractivity contribution is -0.141. The fraction of sp³-hybridized carbons (Fsp3) is 0.533. The molecule has 1 aliphatic heterocycles. The molecule has 3 rings (SSSR count). The van der Waals surface area contributed by atoms with Crippen LogP contribution in [0.15, 0.2) is 6.20 Å². The van der Waals surface area contributed by atoms with Gasteiger partial charge < -0.3 is 4.57 Å². The molecule has 3 heterocycles. The molecule has 2 aromatic rings. The third-order valence-corrected chi connectivity index (χ3v) is 4.46. The molecule has 0 bridgehead atoms. The summed E-state index contributed by atoms with van der Waals surface area (Å²) in [6.45, 7) is 7.68. The van der Waals surface area contributed by atoms with Crippen molar-refractivity contribution in [3.63, 3.8) is 0 Å². The average Bonchev–Trinajstić information content (AvgIpc) is 2.97. The number of aromatic nitrogens is 3. The van der Waals surface area contributed by atoms with E-state index in [4.69, 9.17) is 0 Å². The molecule has 1 fully saturated rings. The van der Waals surface area contributed by atoms with Gasteiger partial charge in [0.2, 0.25) is 11.8 Å². The van der Waals surface area contributed by atoms with Crippen molar-refractivity contribution in [2.24, 2.45) is 13.0 Å². The summed E-state index contributed by atoms with van der Waals surface area (Å²) in [5, 5.41) is 4.54. The highest BCUT2D eigenvalue weighted by Gasteiger charge is 2.40. The minimum atomic E-state index is -0.308. The number of carbonyl (C=O) groups excluding carboxylic acids is 2. The largest absolute Gasteiger partial charge is 0.334 e. The van der Waals surface area contributed by atoms with Crippen LogP contribution in [0.25, 0.3) is 5.65 Å². The summed E-state index contributed by atoms with van der Waals surface area (Å²) in [5.41, 5.74) is 3.94. The van der Waals surface area contributed by atoms with Crippen LogP contribution in [-0.4, -0.2) is 30.9 Å². The molecule has 0 saturated carbocycles. The van der Waals surface area contributed by atoms with Crippen LogP contribution in [0.5, 0.6) is 0 Å². The summed E-state index contributed by atoms with van der Waals surface area (Å²) >= 11 is 0. The van der Waals surface area contributed by atoms with Gasteiger partial charge in [-0.2, -0.15) is 5.10 Å². The molecule has 112 valence electrons. The topological polar surface area (TPSA) is 59.6 Å². The third-order valence-electron chi connectivity index (χ3n) is 4.46.